The molecule has 0 radical (unpaired) electrons. The molecule has 1 aromatic carbocycles. The minimum atomic E-state index is -2.61. The maximum absolute atomic E-state index is 13.9. The van der Waals surface area contributed by atoms with E-state index in [9.17, 15) is 23.9 Å². The van der Waals surface area contributed by atoms with E-state index in [-0.39, 0.29) is 23.0 Å². The van der Waals surface area contributed by atoms with Gasteiger partial charge in [0, 0.05) is 30.5 Å². The Hall–Kier alpha value is -3.58. The van der Waals surface area contributed by atoms with Crippen LogP contribution in [0.5, 0.6) is 0 Å². The Labute approximate surface area is 210 Å². The fourth-order valence-corrected chi connectivity index (χ4v) is 5.19. The normalized spacial score (nSPS) is 18.6. The van der Waals surface area contributed by atoms with Crippen molar-refractivity contribution in [3.05, 3.63) is 51.9 Å². The minimum Gasteiger partial charge on any atom is -0.476 e. The molecule has 11 heteroatoms. The number of hydrogen-bond acceptors (Lipinski definition) is 7. The predicted molar refractivity (Wildman–Crippen MR) is 131 cm³/mol. The Kier molecular flexibility index (Phi) is 5.71. The number of rotatable bonds is 5. The highest BCUT2D eigenvalue weighted by molar-refractivity contribution is 6.29. The average molecular weight is 513 g/mol. The molecule has 186 valence electrons. The van der Waals surface area contributed by atoms with Crippen molar-refractivity contribution < 1.29 is 18.7 Å². The Balaban J connectivity index is 1.52. The van der Waals surface area contributed by atoms with E-state index in [1.807, 2.05) is 30.9 Å². The zero-order chi connectivity index (χ0) is 25.8. The smallest absolute Gasteiger partial charge is 0.356 e. The fraction of sp³-hybridized carbons (Fsp3) is 0.400. The molecule has 0 bridgehead atoms. The lowest BCUT2D eigenvalue weighted by atomic mass is 9.93. The molecular weight excluding hydrogens is 490 g/mol. The summed E-state index contributed by atoms with van der Waals surface area (Å²) >= 11 is 5.88. The first-order valence-corrected chi connectivity index (χ1v) is 11.9. The molecule has 8 nitrogen and oxygen atoms in total. The number of aromatic carboxylic acids is 1. The van der Waals surface area contributed by atoms with Crippen molar-refractivity contribution in [2.75, 3.05) is 23.3 Å². The van der Waals surface area contributed by atoms with Gasteiger partial charge in [0.25, 0.3) is 5.92 Å². The van der Waals surface area contributed by atoms with E-state index >= 15 is 0 Å². The number of aromatic nitrogens is 3. The van der Waals surface area contributed by atoms with E-state index in [1.165, 1.54) is 6.07 Å². The summed E-state index contributed by atoms with van der Waals surface area (Å²) in [5, 5.41) is 22.6. The number of nitriles is 1. The van der Waals surface area contributed by atoms with Gasteiger partial charge in [-0.25, -0.2) is 28.5 Å². The van der Waals surface area contributed by atoms with E-state index < -0.39 is 23.3 Å². The summed E-state index contributed by atoms with van der Waals surface area (Å²) in [6, 6.07) is 8.50. The van der Waals surface area contributed by atoms with Gasteiger partial charge in [-0.3, -0.25) is 0 Å². The Bertz CT molecular complexity index is 1430. The van der Waals surface area contributed by atoms with Crippen LogP contribution in [0.25, 0.3) is 11.0 Å². The first-order chi connectivity index (χ1) is 17.0. The van der Waals surface area contributed by atoms with E-state index in [1.54, 1.807) is 6.07 Å². The molecule has 1 saturated heterocycles. The van der Waals surface area contributed by atoms with Crippen LogP contribution in [0.3, 0.4) is 0 Å². The van der Waals surface area contributed by atoms with Gasteiger partial charge in [0.15, 0.2) is 17.2 Å². The summed E-state index contributed by atoms with van der Waals surface area (Å²) in [4.78, 5) is 26.8. The summed E-state index contributed by atoms with van der Waals surface area (Å²) in [6.07, 6.45) is 0.600. The number of fused-ring (bicyclic) bond motifs is 1. The van der Waals surface area contributed by atoms with Crippen LogP contribution in [-0.2, 0) is 0 Å². The highest BCUT2D eigenvalue weighted by Gasteiger charge is 2.70. The van der Waals surface area contributed by atoms with Crippen molar-refractivity contribution in [1.82, 2.24) is 15.0 Å². The maximum atomic E-state index is 13.9. The lowest BCUT2D eigenvalue weighted by Gasteiger charge is -2.33. The molecule has 1 aliphatic heterocycles. The van der Waals surface area contributed by atoms with Crippen LogP contribution in [-0.4, -0.2) is 45.0 Å². The third-order valence-electron chi connectivity index (χ3n) is 7.17. The lowest BCUT2D eigenvalue weighted by molar-refractivity contribution is 0.0536. The molecule has 2 aromatic heterocycles. The predicted octanol–water partition coefficient (Wildman–Crippen LogP) is 5.36. The van der Waals surface area contributed by atoms with Crippen LogP contribution < -0.4 is 10.2 Å². The molecule has 5 rings (SSSR count). The second-order valence-corrected chi connectivity index (χ2v) is 9.97. The van der Waals surface area contributed by atoms with Crippen molar-refractivity contribution in [2.24, 2.45) is 5.41 Å². The Morgan fingerprint density at radius 2 is 1.94 bits per heavy atom. The summed E-state index contributed by atoms with van der Waals surface area (Å²) in [5.74, 6) is -3.45. The fourth-order valence-electron chi connectivity index (χ4n) is 5.04. The maximum Gasteiger partial charge on any atom is 0.356 e. The van der Waals surface area contributed by atoms with Gasteiger partial charge in [-0.1, -0.05) is 17.7 Å². The standard InChI is InChI=1S/C25H23ClF2N6O2/c1-13-9-15(14(2)30-16-3-4-19(26)32-21(16)23(35)36)20-17(10-13)31-18(11-29)22(33-20)34-7-5-24(6-8-34)12-25(24,27)28/h3-4,9-10,14,30H,5-8,12H2,1-2H3,(H,35,36)/t14-/m1/s1. The number of carboxylic acid groups (broad SMARTS) is 1. The molecule has 1 spiro atoms. The summed E-state index contributed by atoms with van der Waals surface area (Å²) < 4.78 is 27.7. The largest absolute Gasteiger partial charge is 0.476 e. The molecule has 0 amide bonds. The SMILES string of the molecule is Cc1cc([C@@H](C)Nc2ccc(Cl)nc2C(=O)O)c2nc(N3CCC4(CC3)CC4(F)F)c(C#N)nc2c1. The second-order valence-electron chi connectivity index (χ2n) is 9.58. The number of nitrogens with zero attached hydrogens (tertiary/aromatic N) is 5. The van der Waals surface area contributed by atoms with Gasteiger partial charge in [-0.05, 0) is 50.5 Å². The van der Waals surface area contributed by atoms with Crippen molar-refractivity contribution in [3.8, 4) is 6.07 Å². The summed E-state index contributed by atoms with van der Waals surface area (Å²) in [6.45, 7) is 4.49. The van der Waals surface area contributed by atoms with E-state index in [0.717, 1.165) is 11.1 Å². The number of carbonyl (C=O) groups is 1. The van der Waals surface area contributed by atoms with Gasteiger partial charge in [0.1, 0.15) is 11.2 Å². The highest BCUT2D eigenvalue weighted by Crippen LogP contribution is 2.66. The second kappa shape index (κ2) is 8.52. The number of hydrogen-bond donors (Lipinski definition) is 2. The quantitative estimate of drug-likeness (QED) is 0.439. The van der Waals surface area contributed by atoms with Crippen molar-refractivity contribution in [2.45, 2.75) is 45.1 Å². The van der Waals surface area contributed by atoms with Crippen molar-refractivity contribution in [1.29, 1.82) is 5.26 Å². The van der Waals surface area contributed by atoms with Crippen molar-refractivity contribution in [3.63, 3.8) is 0 Å². The van der Waals surface area contributed by atoms with Crippen LogP contribution >= 0.6 is 11.6 Å². The third kappa shape index (κ3) is 4.07. The van der Waals surface area contributed by atoms with Gasteiger partial charge in [-0.15, -0.1) is 0 Å². The molecule has 0 unspecified atom stereocenters. The van der Waals surface area contributed by atoms with E-state index in [2.05, 4.69) is 21.4 Å². The average Bonchev–Trinajstić information content (AvgIpc) is 3.37. The number of alkyl halides is 2. The van der Waals surface area contributed by atoms with Gasteiger partial charge in [0.2, 0.25) is 0 Å². The van der Waals surface area contributed by atoms with Crippen LogP contribution in [0.1, 0.15) is 59.5 Å². The van der Waals surface area contributed by atoms with Crippen LogP contribution in [0.2, 0.25) is 5.15 Å². The Morgan fingerprint density at radius 1 is 1.25 bits per heavy atom. The molecule has 3 heterocycles. The lowest BCUT2D eigenvalue weighted by Crippen LogP contribution is -2.37. The monoisotopic (exact) mass is 512 g/mol. The van der Waals surface area contributed by atoms with E-state index in [4.69, 9.17) is 16.6 Å². The minimum absolute atomic E-state index is 0.0680. The number of pyridine rings is 1. The molecule has 1 aliphatic carbocycles. The number of nitrogens with one attached hydrogen (secondary N) is 1. The number of carboxylic acids is 1. The number of anilines is 2. The van der Waals surface area contributed by atoms with Gasteiger partial charge in [0.05, 0.1) is 22.8 Å². The van der Waals surface area contributed by atoms with Crippen molar-refractivity contribution >= 4 is 40.1 Å². The number of piperidine rings is 1. The molecule has 2 fully saturated rings. The number of aryl methyl sites for hydroxylation is 1. The van der Waals surface area contributed by atoms with Crippen LogP contribution in [0.4, 0.5) is 20.3 Å². The highest BCUT2D eigenvalue weighted by atomic mass is 35.5. The molecule has 2 N–H and O–H groups in total. The number of benzene rings is 1. The molecule has 36 heavy (non-hydrogen) atoms. The van der Waals surface area contributed by atoms with Gasteiger partial charge >= 0.3 is 5.97 Å². The topological polar surface area (TPSA) is 115 Å². The van der Waals surface area contributed by atoms with E-state index in [0.29, 0.717) is 48.5 Å². The third-order valence-corrected chi connectivity index (χ3v) is 7.38. The molecular formula is C25H23ClF2N6O2. The molecule has 3 aromatic rings. The summed E-state index contributed by atoms with van der Waals surface area (Å²) in [5.41, 5.74) is 2.02. The number of halogens is 3. The van der Waals surface area contributed by atoms with Gasteiger partial charge < -0.3 is 15.3 Å². The Morgan fingerprint density at radius 3 is 2.56 bits per heavy atom. The van der Waals surface area contributed by atoms with Gasteiger partial charge in [-0.2, -0.15) is 5.26 Å². The molecule has 1 atom stereocenters. The molecule has 2 aliphatic rings. The first-order valence-electron chi connectivity index (χ1n) is 11.6. The zero-order valence-electron chi connectivity index (χ0n) is 19.6. The molecule has 1 saturated carbocycles. The first kappa shape index (κ1) is 24.1. The van der Waals surface area contributed by atoms with Crippen LogP contribution in [0.15, 0.2) is 24.3 Å². The van der Waals surface area contributed by atoms with Crippen LogP contribution in [0, 0.1) is 23.7 Å². The zero-order valence-corrected chi connectivity index (χ0v) is 20.4. The summed E-state index contributed by atoms with van der Waals surface area (Å²) in [7, 11) is 0.